The number of fused-ring (bicyclic) bond motifs is 1. The second-order valence-electron chi connectivity index (χ2n) is 8.57. The minimum Gasteiger partial charge on any atom is -0.437 e. The van der Waals surface area contributed by atoms with E-state index in [1.54, 1.807) is 36.7 Å². The highest BCUT2D eigenvalue weighted by molar-refractivity contribution is 7.08. The van der Waals surface area contributed by atoms with Crippen LogP contribution in [-0.2, 0) is 0 Å². The van der Waals surface area contributed by atoms with E-state index in [1.807, 2.05) is 23.8 Å². The number of ether oxygens (including phenoxy) is 1. The van der Waals surface area contributed by atoms with Gasteiger partial charge in [-0.1, -0.05) is 11.6 Å². The largest absolute Gasteiger partial charge is 0.437 e. The Hall–Kier alpha value is -4.22. The van der Waals surface area contributed by atoms with Crippen molar-refractivity contribution >= 4 is 46.0 Å². The van der Waals surface area contributed by atoms with Gasteiger partial charge in [0.05, 0.1) is 22.4 Å². The third-order valence-corrected chi connectivity index (χ3v) is 6.78. The van der Waals surface area contributed by atoms with Crippen molar-refractivity contribution in [2.75, 3.05) is 5.32 Å². The average molecular weight is 534 g/mol. The summed E-state index contributed by atoms with van der Waals surface area (Å²) in [5.41, 5.74) is 2.17. The lowest BCUT2D eigenvalue weighted by molar-refractivity contribution is 0.0944. The van der Waals surface area contributed by atoms with Crippen LogP contribution in [-0.4, -0.2) is 42.2 Å². The summed E-state index contributed by atoms with van der Waals surface area (Å²) >= 11 is 7.86. The maximum absolute atomic E-state index is 13.7. The third-order valence-electron chi connectivity index (χ3n) is 5.82. The molecule has 6 rings (SSSR count). The first-order valence-electron chi connectivity index (χ1n) is 11.5. The molecule has 0 aromatic carbocycles. The van der Waals surface area contributed by atoms with Crippen molar-refractivity contribution in [3.8, 4) is 17.4 Å². The molecule has 37 heavy (non-hydrogen) atoms. The molecule has 1 saturated carbocycles. The van der Waals surface area contributed by atoms with Crippen LogP contribution >= 0.6 is 22.9 Å². The van der Waals surface area contributed by atoms with Gasteiger partial charge in [-0.25, -0.2) is 14.2 Å². The number of amides is 2. The number of pyridine rings is 2. The zero-order chi connectivity index (χ0) is 25.5. The number of carbonyl (C=O) groups excluding carboxylic acids is 2. The van der Waals surface area contributed by atoms with Crippen LogP contribution in [0.2, 0.25) is 5.02 Å². The first kappa shape index (κ1) is 23.2. The normalized spacial score (nSPS) is 13.0. The Morgan fingerprint density at radius 3 is 2.78 bits per heavy atom. The molecule has 5 aromatic heterocycles. The highest BCUT2D eigenvalue weighted by Crippen LogP contribution is 2.29. The van der Waals surface area contributed by atoms with E-state index in [1.165, 1.54) is 26.6 Å². The lowest BCUT2D eigenvalue weighted by Gasteiger charge is -2.16. The zero-order valence-electron chi connectivity index (χ0n) is 19.5. The van der Waals surface area contributed by atoms with Gasteiger partial charge >= 0.3 is 0 Å². The summed E-state index contributed by atoms with van der Waals surface area (Å²) in [7, 11) is 0. The second-order valence-corrected chi connectivity index (χ2v) is 9.76. The van der Waals surface area contributed by atoms with Crippen molar-refractivity contribution < 1.29 is 14.3 Å². The lowest BCUT2D eigenvalue weighted by Crippen LogP contribution is -2.30. The molecule has 0 aliphatic heterocycles. The number of nitrogens with one attached hydrogen (secondary N) is 2. The Kier molecular flexibility index (Phi) is 5.85. The van der Waals surface area contributed by atoms with Gasteiger partial charge in [0, 0.05) is 23.7 Å². The third kappa shape index (κ3) is 4.54. The number of thiophene rings is 1. The van der Waals surface area contributed by atoms with Crippen LogP contribution < -0.4 is 15.4 Å². The number of hydrogen-bond acceptors (Lipinski definition) is 7. The molecule has 0 bridgehead atoms. The maximum Gasteiger partial charge on any atom is 0.274 e. The quantitative estimate of drug-likeness (QED) is 0.308. The molecule has 5 heterocycles. The van der Waals surface area contributed by atoms with Crippen molar-refractivity contribution in [1.29, 1.82) is 0 Å². The first-order chi connectivity index (χ1) is 18.0. The predicted molar refractivity (Wildman–Crippen MR) is 139 cm³/mol. The molecular formula is C25H20ClN7O3S. The van der Waals surface area contributed by atoms with Gasteiger partial charge in [0.2, 0.25) is 5.88 Å². The van der Waals surface area contributed by atoms with Gasteiger partial charge in [-0.05, 0) is 61.0 Å². The van der Waals surface area contributed by atoms with Crippen LogP contribution in [0.4, 0.5) is 5.69 Å². The van der Waals surface area contributed by atoms with Crippen molar-refractivity contribution in [2.45, 2.75) is 25.8 Å². The molecule has 186 valence electrons. The smallest absolute Gasteiger partial charge is 0.274 e. The summed E-state index contributed by atoms with van der Waals surface area (Å²) in [6.45, 7) is 1.83. The van der Waals surface area contributed by atoms with Gasteiger partial charge in [-0.15, -0.1) is 16.4 Å². The standard InChI is InChI=1S/C25H20ClN7O3S/c1-14-11-16-6-9-28-32(16)22(25(35)29-15-4-5-15)21(14)30-24(34)19-12-20(36-17-7-10-37-13-17)31-33(19)23-18(26)3-2-8-27-23/h2-3,6-13,15H,4-5H2,1H3,(H,29,35)(H,30,34). The second kappa shape index (κ2) is 9.34. The number of hydrogen-bond donors (Lipinski definition) is 2. The number of halogens is 1. The summed E-state index contributed by atoms with van der Waals surface area (Å²) in [4.78, 5) is 31.2. The van der Waals surface area contributed by atoms with Crippen LogP contribution in [0, 0.1) is 6.92 Å². The minimum absolute atomic E-state index is 0.124. The SMILES string of the molecule is Cc1cc2ccnn2c(C(=O)NC2CC2)c1NC(=O)c1cc(Oc2ccsc2)nn1-c1ncccc1Cl. The van der Waals surface area contributed by atoms with E-state index < -0.39 is 5.91 Å². The van der Waals surface area contributed by atoms with Crippen molar-refractivity contribution in [2.24, 2.45) is 0 Å². The molecule has 0 atom stereocenters. The molecule has 0 saturated heterocycles. The summed E-state index contributed by atoms with van der Waals surface area (Å²) < 4.78 is 8.69. The monoisotopic (exact) mass is 533 g/mol. The number of rotatable bonds is 7. The minimum atomic E-state index is -0.524. The fourth-order valence-corrected chi connectivity index (χ4v) is 4.67. The fraction of sp³-hybridized carbons (Fsp3) is 0.160. The Morgan fingerprint density at radius 2 is 2.03 bits per heavy atom. The Bertz CT molecular complexity index is 1640. The average Bonchev–Trinajstić information content (AvgIpc) is 3.25. The molecule has 5 aromatic rings. The molecule has 1 aliphatic rings. The summed E-state index contributed by atoms with van der Waals surface area (Å²) in [5, 5.41) is 18.7. The summed E-state index contributed by atoms with van der Waals surface area (Å²) in [5.74, 6) is 0.215. The van der Waals surface area contributed by atoms with E-state index in [4.69, 9.17) is 16.3 Å². The van der Waals surface area contributed by atoms with Gasteiger partial charge in [0.1, 0.15) is 11.4 Å². The molecule has 1 fully saturated rings. The molecule has 10 nitrogen and oxygen atoms in total. The molecule has 0 radical (unpaired) electrons. The van der Waals surface area contributed by atoms with Crippen LogP contribution in [0.5, 0.6) is 11.6 Å². The highest BCUT2D eigenvalue weighted by Gasteiger charge is 2.29. The van der Waals surface area contributed by atoms with Crippen molar-refractivity contribution in [3.63, 3.8) is 0 Å². The Morgan fingerprint density at radius 1 is 1.16 bits per heavy atom. The predicted octanol–water partition coefficient (Wildman–Crippen LogP) is 4.88. The van der Waals surface area contributed by atoms with E-state index in [2.05, 4.69) is 25.8 Å². The number of aryl methyl sites for hydroxylation is 1. The van der Waals surface area contributed by atoms with E-state index >= 15 is 0 Å². The molecule has 0 spiro atoms. The van der Waals surface area contributed by atoms with Gasteiger partial charge in [0.15, 0.2) is 11.5 Å². The molecule has 0 unspecified atom stereocenters. The van der Waals surface area contributed by atoms with Crippen molar-refractivity contribution in [1.82, 2.24) is 29.7 Å². The van der Waals surface area contributed by atoms with Crippen LogP contribution in [0.3, 0.4) is 0 Å². The maximum atomic E-state index is 13.7. The van der Waals surface area contributed by atoms with Gasteiger partial charge < -0.3 is 15.4 Å². The molecular weight excluding hydrogens is 514 g/mol. The van der Waals surface area contributed by atoms with E-state index in [0.29, 0.717) is 22.0 Å². The number of nitrogens with zero attached hydrogens (tertiary/aromatic N) is 5. The van der Waals surface area contributed by atoms with Crippen LogP contribution in [0.15, 0.2) is 59.6 Å². The van der Waals surface area contributed by atoms with Gasteiger partial charge in [0.25, 0.3) is 11.8 Å². The topological polar surface area (TPSA) is 115 Å². The van der Waals surface area contributed by atoms with Crippen LogP contribution in [0.25, 0.3) is 11.3 Å². The molecule has 2 amide bonds. The lowest BCUT2D eigenvalue weighted by atomic mass is 10.1. The van der Waals surface area contributed by atoms with E-state index in [-0.39, 0.29) is 35.0 Å². The van der Waals surface area contributed by atoms with E-state index in [9.17, 15) is 9.59 Å². The van der Waals surface area contributed by atoms with Gasteiger partial charge in [-0.3, -0.25) is 9.59 Å². The first-order valence-corrected chi connectivity index (χ1v) is 12.8. The van der Waals surface area contributed by atoms with Crippen molar-refractivity contribution in [3.05, 3.63) is 81.5 Å². The molecule has 12 heteroatoms. The number of aromatic nitrogens is 5. The van der Waals surface area contributed by atoms with E-state index in [0.717, 1.165) is 18.4 Å². The number of carbonyl (C=O) groups is 2. The molecule has 2 N–H and O–H groups in total. The molecule has 1 aliphatic carbocycles. The summed E-state index contributed by atoms with van der Waals surface area (Å²) in [6.07, 6.45) is 5.03. The van der Waals surface area contributed by atoms with Gasteiger partial charge in [-0.2, -0.15) is 5.10 Å². The number of anilines is 1. The zero-order valence-corrected chi connectivity index (χ0v) is 21.1. The fourth-order valence-electron chi connectivity index (χ4n) is 3.92. The Balaban J connectivity index is 1.42. The summed E-state index contributed by atoms with van der Waals surface area (Å²) in [6, 6.07) is 10.4. The van der Waals surface area contributed by atoms with Crippen LogP contribution in [0.1, 0.15) is 39.4 Å². The highest BCUT2D eigenvalue weighted by atomic mass is 35.5. The Labute approximate surface area is 219 Å².